The van der Waals surface area contributed by atoms with Gasteiger partial charge in [-0.1, -0.05) is 0 Å². The van der Waals surface area contributed by atoms with Crippen LogP contribution in [0.25, 0.3) is 0 Å². The molecule has 0 radical (unpaired) electrons. The van der Waals surface area contributed by atoms with E-state index in [0.717, 1.165) is 12.8 Å². The lowest BCUT2D eigenvalue weighted by Gasteiger charge is -2.16. The zero-order valence-electron chi connectivity index (χ0n) is 9.93. The molecule has 1 amide bonds. The summed E-state index contributed by atoms with van der Waals surface area (Å²) in [6.45, 7) is 0. The number of rotatable bonds is 5. The number of aliphatic carboxylic acids is 1. The van der Waals surface area contributed by atoms with E-state index >= 15 is 0 Å². The number of nitrogen functional groups attached to an aromatic ring is 1. The average Bonchev–Trinajstić information content (AvgIpc) is 3.12. The van der Waals surface area contributed by atoms with Crippen LogP contribution in [-0.4, -0.2) is 23.0 Å². The van der Waals surface area contributed by atoms with Crippen molar-refractivity contribution in [2.75, 3.05) is 5.73 Å². The van der Waals surface area contributed by atoms with Crippen molar-refractivity contribution in [1.82, 2.24) is 5.32 Å². The third-order valence-corrected chi connectivity index (χ3v) is 3.07. The molecule has 0 bridgehead atoms. The highest BCUT2D eigenvalue weighted by Gasteiger charge is 2.33. The summed E-state index contributed by atoms with van der Waals surface area (Å²) >= 11 is 0. The van der Waals surface area contributed by atoms with E-state index in [2.05, 4.69) is 5.32 Å². The number of carbonyl (C=O) groups excluding carboxylic acids is 1. The minimum absolute atomic E-state index is 0.0224. The fourth-order valence-corrected chi connectivity index (χ4v) is 1.91. The fraction of sp³-hybridized carbons (Fsp3) is 0.385. The van der Waals surface area contributed by atoms with Crippen molar-refractivity contribution in [3.05, 3.63) is 29.8 Å². The van der Waals surface area contributed by atoms with Gasteiger partial charge in [0.05, 0.1) is 6.42 Å². The molecule has 1 atom stereocenters. The molecule has 0 spiro atoms. The van der Waals surface area contributed by atoms with Gasteiger partial charge in [-0.15, -0.1) is 0 Å². The molecule has 1 aliphatic rings. The summed E-state index contributed by atoms with van der Waals surface area (Å²) in [5, 5.41) is 11.6. The predicted octanol–water partition coefficient (Wildman–Crippen LogP) is 1.25. The summed E-state index contributed by atoms with van der Waals surface area (Å²) in [5.74, 6) is -0.823. The Kier molecular flexibility index (Phi) is 3.50. The van der Waals surface area contributed by atoms with E-state index in [-0.39, 0.29) is 18.4 Å². The van der Waals surface area contributed by atoms with Crippen LogP contribution in [0.4, 0.5) is 5.69 Å². The zero-order chi connectivity index (χ0) is 13.1. The second-order valence-electron chi connectivity index (χ2n) is 4.64. The van der Waals surface area contributed by atoms with Gasteiger partial charge in [0, 0.05) is 17.3 Å². The third-order valence-electron chi connectivity index (χ3n) is 3.07. The zero-order valence-corrected chi connectivity index (χ0v) is 9.93. The molecular formula is C13H16N2O3. The van der Waals surface area contributed by atoms with E-state index in [1.807, 2.05) is 0 Å². The van der Waals surface area contributed by atoms with E-state index < -0.39 is 5.97 Å². The van der Waals surface area contributed by atoms with Crippen molar-refractivity contribution in [2.45, 2.75) is 25.3 Å². The SMILES string of the molecule is Nc1ccc(C(=O)NC(CC(=O)O)C2CC2)cc1. The van der Waals surface area contributed by atoms with E-state index in [0.29, 0.717) is 17.2 Å². The van der Waals surface area contributed by atoms with E-state index in [1.165, 1.54) is 0 Å². The van der Waals surface area contributed by atoms with Gasteiger partial charge in [-0.3, -0.25) is 9.59 Å². The van der Waals surface area contributed by atoms with Gasteiger partial charge in [0.2, 0.25) is 0 Å². The Labute approximate surface area is 105 Å². The first kappa shape index (κ1) is 12.4. The Morgan fingerprint density at radius 1 is 1.33 bits per heavy atom. The highest BCUT2D eigenvalue weighted by atomic mass is 16.4. The van der Waals surface area contributed by atoms with E-state index in [4.69, 9.17) is 10.8 Å². The van der Waals surface area contributed by atoms with Gasteiger partial charge in [0.25, 0.3) is 5.91 Å². The summed E-state index contributed by atoms with van der Waals surface area (Å²) in [6, 6.07) is 6.30. The molecule has 1 unspecified atom stereocenters. The Morgan fingerprint density at radius 2 is 1.94 bits per heavy atom. The van der Waals surface area contributed by atoms with Crippen LogP contribution in [-0.2, 0) is 4.79 Å². The summed E-state index contributed by atoms with van der Waals surface area (Å²) in [4.78, 5) is 22.7. The van der Waals surface area contributed by atoms with Crippen molar-refractivity contribution in [2.24, 2.45) is 5.92 Å². The second kappa shape index (κ2) is 5.08. The lowest BCUT2D eigenvalue weighted by Crippen LogP contribution is -2.38. The van der Waals surface area contributed by atoms with Crippen LogP contribution in [0.15, 0.2) is 24.3 Å². The standard InChI is InChI=1S/C13H16N2O3/c14-10-5-3-9(4-6-10)13(18)15-11(7-12(16)17)8-1-2-8/h3-6,8,11H,1-2,7,14H2,(H,15,18)(H,16,17). The lowest BCUT2D eigenvalue weighted by atomic mass is 10.1. The Bertz CT molecular complexity index is 452. The molecular weight excluding hydrogens is 232 g/mol. The molecule has 1 aromatic rings. The molecule has 1 aliphatic carbocycles. The van der Waals surface area contributed by atoms with Gasteiger partial charge in [-0.25, -0.2) is 0 Å². The number of carboxylic acid groups (broad SMARTS) is 1. The van der Waals surface area contributed by atoms with Crippen LogP contribution in [0.2, 0.25) is 0 Å². The monoisotopic (exact) mass is 248 g/mol. The molecule has 0 aliphatic heterocycles. The number of carbonyl (C=O) groups is 2. The number of hydrogen-bond acceptors (Lipinski definition) is 3. The van der Waals surface area contributed by atoms with Gasteiger partial charge < -0.3 is 16.2 Å². The topological polar surface area (TPSA) is 92.4 Å². The Morgan fingerprint density at radius 3 is 2.44 bits per heavy atom. The maximum atomic E-state index is 11.9. The fourth-order valence-electron chi connectivity index (χ4n) is 1.91. The maximum Gasteiger partial charge on any atom is 0.305 e. The molecule has 0 heterocycles. The van der Waals surface area contributed by atoms with Gasteiger partial charge in [0.1, 0.15) is 0 Å². The van der Waals surface area contributed by atoms with Gasteiger partial charge >= 0.3 is 5.97 Å². The van der Waals surface area contributed by atoms with Crippen molar-refractivity contribution < 1.29 is 14.7 Å². The summed E-state index contributed by atoms with van der Waals surface area (Å²) in [5.41, 5.74) is 6.64. The third kappa shape index (κ3) is 3.23. The maximum absolute atomic E-state index is 11.9. The quantitative estimate of drug-likeness (QED) is 0.684. The first-order valence-corrected chi connectivity index (χ1v) is 5.94. The molecule has 96 valence electrons. The minimum Gasteiger partial charge on any atom is -0.481 e. The Hall–Kier alpha value is -2.04. The molecule has 1 saturated carbocycles. The van der Waals surface area contributed by atoms with Gasteiger partial charge in [0.15, 0.2) is 0 Å². The first-order valence-electron chi connectivity index (χ1n) is 5.94. The highest BCUT2D eigenvalue weighted by molar-refractivity contribution is 5.94. The van der Waals surface area contributed by atoms with Crippen molar-refractivity contribution in [3.63, 3.8) is 0 Å². The molecule has 1 aromatic carbocycles. The van der Waals surface area contributed by atoms with Crippen molar-refractivity contribution in [3.8, 4) is 0 Å². The number of anilines is 1. The molecule has 0 saturated heterocycles. The molecule has 5 heteroatoms. The lowest BCUT2D eigenvalue weighted by molar-refractivity contribution is -0.137. The molecule has 4 N–H and O–H groups in total. The average molecular weight is 248 g/mol. The molecule has 1 fully saturated rings. The van der Waals surface area contributed by atoms with Gasteiger partial charge in [-0.05, 0) is 43.0 Å². The summed E-state index contributed by atoms with van der Waals surface area (Å²) in [6.07, 6.45) is 1.95. The van der Waals surface area contributed by atoms with Crippen LogP contribution in [0.3, 0.4) is 0 Å². The minimum atomic E-state index is -0.885. The number of amides is 1. The predicted molar refractivity (Wildman–Crippen MR) is 67.1 cm³/mol. The molecule has 18 heavy (non-hydrogen) atoms. The normalized spacial score (nSPS) is 16.0. The van der Waals surface area contributed by atoms with Crippen LogP contribution in [0, 0.1) is 5.92 Å². The number of nitrogens with one attached hydrogen (secondary N) is 1. The number of nitrogens with two attached hydrogens (primary N) is 1. The largest absolute Gasteiger partial charge is 0.481 e. The molecule has 5 nitrogen and oxygen atoms in total. The summed E-state index contributed by atoms with van der Waals surface area (Å²) in [7, 11) is 0. The summed E-state index contributed by atoms with van der Waals surface area (Å²) < 4.78 is 0. The van der Waals surface area contributed by atoms with Crippen molar-refractivity contribution >= 4 is 17.6 Å². The number of carboxylic acids is 1. The highest BCUT2D eigenvalue weighted by Crippen LogP contribution is 2.34. The van der Waals surface area contributed by atoms with Crippen LogP contribution < -0.4 is 11.1 Å². The Balaban J connectivity index is 2.00. The smallest absolute Gasteiger partial charge is 0.305 e. The van der Waals surface area contributed by atoms with E-state index in [9.17, 15) is 9.59 Å². The van der Waals surface area contributed by atoms with Crippen LogP contribution >= 0.6 is 0 Å². The van der Waals surface area contributed by atoms with Crippen LogP contribution in [0.1, 0.15) is 29.6 Å². The van der Waals surface area contributed by atoms with Crippen molar-refractivity contribution in [1.29, 1.82) is 0 Å². The molecule has 0 aromatic heterocycles. The van der Waals surface area contributed by atoms with E-state index in [1.54, 1.807) is 24.3 Å². The van der Waals surface area contributed by atoms with Gasteiger partial charge in [-0.2, -0.15) is 0 Å². The first-order chi connectivity index (χ1) is 8.56. The number of benzene rings is 1. The second-order valence-corrected chi connectivity index (χ2v) is 4.64. The van der Waals surface area contributed by atoms with Crippen LogP contribution in [0.5, 0.6) is 0 Å². The molecule has 2 rings (SSSR count). The number of hydrogen-bond donors (Lipinski definition) is 3.